The van der Waals surface area contributed by atoms with Crippen molar-refractivity contribution in [2.75, 3.05) is 19.4 Å². The van der Waals surface area contributed by atoms with Crippen molar-refractivity contribution in [3.05, 3.63) is 59.7 Å². The summed E-state index contributed by atoms with van der Waals surface area (Å²) in [5, 5.41) is 11.7. The van der Waals surface area contributed by atoms with Gasteiger partial charge >= 0.3 is 5.97 Å². The average Bonchev–Trinajstić information content (AvgIpc) is 2.63. The number of nitrogens with one attached hydrogen (secondary N) is 1. The molecule has 0 fully saturated rings. The summed E-state index contributed by atoms with van der Waals surface area (Å²) in [6.45, 7) is 1.64. The normalized spacial score (nSPS) is 12.6. The Morgan fingerprint density at radius 2 is 1.59 bits per heavy atom. The van der Waals surface area contributed by atoms with Crippen molar-refractivity contribution in [2.45, 2.75) is 18.2 Å². The van der Waals surface area contributed by atoms with Crippen LogP contribution in [0.15, 0.2) is 53.4 Å². The molecule has 0 radical (unpaired) electrons. The maximum Gasteiger partial charge on any atom is 0.306 e. The van der Waals surface area contributed by atoms with E-state index in [2.05, 4.69) is 5.32 Å². The minimum absolute atomic E-state index is 0.112. The number of aliphatic carboxylic acids is 1. The average molecular weight is 390 g/mol. The molecule has 27 heavy (non-hydrogen) atoms. The van der Waals surface area contributed by atoms with Gasteiger partial charge in [0.2, 0.25) is 10.0 Å². The Labute approximate surface area is 158 Å². The Hall–Kier alpha value is -2.71. The maximum atomic E-state index is 12.3. The van der Waals surface area contributed by atoms with Crippen LogP contribution in [-0.2, 0) is 21.2 Å². The molecule has 0 aliphatic heterocycles. The highest BCUT2D eigenvalue weighted by Gasteiger charge is 2.17. The first-order chi connectivity index (χ1) is 12.6. The number of rotatable bonds is 7. The zero-order valence-electron chi connectivity index (χ0n) is 15.3. The topological polar surface area (TPSA) is 104 Å². The molecule has 0 aliphatic rings. The Morgan fingerprint density at radius 1 is 1.04 bits per heavy atom. The summed E-state index contributed by atoms with van der Waals surface area (Å²) in [7, 11) is -0.657. The van der Waals surface area contributed by atoms with Gasteiger partial charge < -0.3 is 10.4 Å². The Kier molecular flexibility index (Phi) is 6.35. The molecule has 7 nitrogen and oxygen atoms in total. The summed E-state index contributed by atoms with van der Waals surface area (Å²) in [6, 6.07) is 12.6. The number of carboxylic acid groups (broad SMARTS) is 1. The summed E-state index contributed by atoms with van der Waals surface area (Å²) in [6.07, 6.45) is 0.408. The maximum absolute atomic E-state index is 12.3. The Morgan fingerprint density at radius 3 is 2.07 bits per heavy atom. The molecule has 1 amide bonds. The highest BCUT2D eigenvalue weighted by atomic mass is 32.2. The molecule has 0 saturated carbocycles. The molecule has 0 heterocycles. The predicted octanol–water partition coefficient (Wildman–Crippen LogP) is 2.45. The van der Waals surface area contributed by atoms with Crippen LogP contribution in [0.3, 0.4) is 0 Å². The summed E-state index contributed by atoms with van der Waals surface area (Å²) in [5.41, 5.74) is 1.76. The first-order valence-corrected chi connectivity index (χ1v) is 9.71. The fourth-order valence-electron chi connectivity index (χ4n) is 2.36. The smallest absolute Gasteiger partial charge is 0.306 e. The molecule has 0 spiro atoms. The van der Waals surface area contributed by atoms with E-state index in [0.29, 0.717) is 17.7 Å². The van der Waals surface area contributed by atoms with E-state index in [-0.39, 0.29) is 10.8 Å². The number of nitrogens with zero attached hydrogens (tertiary/aromatic N) is 1. The van der Waals surface area contributed by atoms with Crippen LogP contribution < -0.4 is 5.32 Å². The highest BCUT2D eigenvalue weighted by Crippen LogP contribution is 2.17. The third kappa shape index (κ3) is 5.15. The van der Waals surface area contributed by atoms with E-state index in [1.54, 1.807) is 31.2 Å². The number of carboxylic acids is 1. The molecule has 2 aromatic carbocycles. The third-order valence-corrected chi connectivity index (χ3v) is 5.90. The molecule has 0 aromatic heterocycles. The van der Waals surface area contributed by atoms with Gasteiger partial charge in [-0.15, -0.1) is 0 Å². The van der Waals surface area contributed by atoms with Crippen LogP contribution in [-0.4, -0.2) is 43.8 Å². The van der Waals surface area contributed by atoms with Gasteiger partial charge in [-0.1, -0.05) is 19.1 Å². The largest absolute Gasteiger partial charge is 0.481 e. The van der Waals surface area contributed by atoms with Crippen molar-refractivity contribution < 1.29 is 23.1 Å². The van der Waals surface area contributed by atoms with Crippen molar-refractivity contribution in [3.8, 4) is 0 Å². The van der Waals surface area contributed by atoms with E-state index in [1.165, 1.54) is 38.4 Å². The summed E-state index contributed by atoms with van der Waals surface area (Å²) in [5.74, 6) is -1.70. The van der Waals surface area contributed by atoms with E-state index >= 15 is 0 Å². The summed E-state index contributed by atoms with van der Waals surface area (Å²) in [4.78, 5) is 23.3. The van der Waals surface area contributed by atoms with E-state index < -0.39 is 21.9 Å². The third-order valence-electron chi connectivity index (χ3n) is 4.07. The Bertz CT molecular complexity index is 920. The second-order valence-corrected chi connectivity index (χ2v) is 8.56. The number of anilines is 1. The minimum Gasteiger partial charge on any atom is -0.481 e. The summed E-state index contributed by atoms with van der Waals surface area (Å²) >= 11 is 0. The molecule has 8 heteroatoms. The van der Waals surface area contributed by atoms with E-state index in [9.17, 15) is 18.0 Å². The first-order valence-electron chi connectivity index (χ1n) is 8.27. The molecular formula is C19H22N2O5S. The van der Waals surface area contributed by atoms with Gasteiger partial charge in [0.25, 0.3) is 5.91 Å². The lowest BCUT2D eigenvalue weighted by Crippen LogP contribution is -2.22. The second kappa shape index (κ2) is 8.32. The molecule has 2 rings (SSSR count). The van der Waals surface area contributed by atoms with Gasteiger partial charge in [-0.05, 0) is 48.4 Å². The van der Waals surface area contributed by atoms with Crippen LogP contribution in [0.1, 0.15) is 22.8 Å². The lowest BCUT2D eigenvalue weighted by molar-refractivity contribution is -0.141. The highest BCUT2D eigenvalue weighted by molar-refractivity contribution is 7.89. The van der Waals surface area contributed by atoms with Crippen molar-refractivity contribution in [1.82, 2.24) is 4.31 Å². The van der Waals surface area contributed by atoms with Gasteiger partial charge in [0.1, 0.15) is 0 Å². The van der Waals surface area contributed by atoms with E-state index in [4.69, 9.17) is 5.11 Å². The summed E-state index contributed by atoms with van der Waals surface area (Å²) < 4.78 is 25.2. The number of amides is 1. The number of sulfonamides is 1. The lowest BCUT2D eigenvalue weighted by atomic mass is 10.0. The van der Waals surface area contributed by atoms with Crippen LogP contribution >= 0.6 is 0 Å². The van der Waals surface area contributed by atoms with Gasteiger partial charge in [0.05, 0.1) is 10.8 Å². The SMILES string of the molecule is CC(Cc1ccc(NC(=O)c2ccc(S(=O)(=O)N(C)C)cc2)cc1)C(=O)O. The second-order valence-electron chi connectivity index (χ2n) is 6.41. The lowest BCUT2D eigenvalue weighted by Gasteiger charge is -2.12. The van der Waals surface area contributed by atoms with Gasteiger partial charge in [0.15, 0.2) is 0 Å². The van der Waals surface area contributed by atoms with Crippen molar-refractivity contribution in [1.29, 1.82) is 0 Å². The molecule has 2 aromatic rings. The minimum atomic E-state index is -3.54. The molecule has 0 aliphatic carbocycles. The van der Waals surface area contributed by atoms with Crippen LogP contribution in [0.4, 0.5) is 5.69 Å². The zero-order valence-corrected chi connectivity index (χ0v) is 16.2. The fraction of sp³-hybridized carbons (Fsp3) is 0.263. The number of carbonyl (C=O) groups excluding carboxylic acids is 1. The van der Waals surface area contributed by atoms with Crippen LogP contribution in [0, 0.1) is 5.92 Å². The van der Waals surface area contributed by atoms with Crippen molar-refractivity contribution >= 4 is 27.6 Å². The fourth-order valence-corrected chi connectivity index (χ4v) is 3.26. The van der Waals surface area contributed by atoms with Gasteiger partial charge in [-0.3, -0.25) is 9.59 Å². The number of benzene rings is 2. The standard InChI is InChI=1S/C19H22N2O5S/c1-13(19(23)24)12-14-4-8-16(9-5-14)20-18(22)15-6-10-17(11-7-15)27(25,26)21(2)3/h4-11,13H,12H2,1-3H3,(H,20,22)(H,23,24). The Balaban J connectivity index is 2.06. The van der Waals surface area contributed by atoms with Crippen molar-refractivity contribution in [2.24, 2.45) is 5.92 Å². The van der Waals surface area contributed by atoms with E-state index in [1.807, 2.05) is 0 Å². The number of hydrogen-bond acceptors (Lipinski definition) is 4. The molecule has 2 N–H and O–H groups in total. The molecule has 144 valence electrons. The molecule has 1 unspecified atom stereocenters. The van der Waals surface area contributed by atoms with Gasteiger partial charge in [0, 0.05) is 25.3 Å². The zero-order chi connectivity index (χ0) is 20.2. The molecular weight excluding hydrogens is 368 g/mol. The van der Waals surface area contributed by atoms with Gasteiger partial charge in [-0.2, -0.15) is 0 Å². The quantitative estimate of drug-likeness (QED) is 0.756. The molecule has 0 saturated heterocycles. The predicted molar refractivity (Wildman–Crippen MR) is 102 cm³/mol. The first kappa shape index (κ1) is 20.6. The van der Waals surface area contributed by atoms with Crippen LogP contribution in [0.2, 0.25) is 0 Å². The van der Waals surface area contributed by atoms with Crippen LogP contribution in [0.5, 0.6) is 0 Å². The monoisotopic (exact) mass is 390 g/mol. The molecule has 0 bridgehead atoms. The number of hydrogen-bond donors (Lipinski definition) is 2. The van der Waals surface area contributed by atoms with Crippen molar-refractivity contribution in [3.63, 3.8) is 0 Å². The van der Waals surface area contributed by atoms with Crippen LogP contribution in [0.25, 0.3) is 0 Å². The molecule has 1 atom stereocenters. The number of carbonyl (C=O) groups is 2. The van der Waals surface area contributed by atoms with E-state index in [0.717, 1.165) is 9.87 Å². The van der Waals surface area contributed by atoms with Gasteiger partial charge in [-0.25, -0.2) is 12.7 Å².